The number of sulfonamides is 1. The first-order valence-corrected chi connectivity index (χ1v) is 9.93. The van der Waals surface area contributed by atoms with Gasteiger partial charge in [-0.1, -0.05) is 23.9 Å². The molecule has 0 spiro atoms. The van der Waals surface area contributed by atoms with Crippen LogP contribution in [0.4, 0.5) is 8.78 Å². The van der Waals surface area contributed by atoms with Crippen LogP contribution in [0.15, 0.2) is 46.5 Å². The molecule has 0 aliphatic rings. The van der Waals surface area contributed by atoms with E-state index in [4.69, 9.17) is 5.14 Å². The molecule has 0 aliphatic heterocycles. The maximum atomic E-state index is 13.8. The molecule has 5 nitrogen and oxygen atoms in total. The topological polar surface area (TPSA) is 78.0 Å². The number of hydrogen-bond donors (Lipinski definition) is 1. The van der Waals surface area contributed by atoms with E-state index in [0.29, 0.717) is 17.2 Å². The lowest BCUT2D eigenvalue weighted by Gasteiger charge is -2.06. The van der Waals surface area contributed by atoms with Gasteiger partial charge in [0.1, 0.15) is 0 Å². The molecule has 1 aromatic heterocycles. The van der Waals surface area contributed by atoms with Crippen LogP contribution >= 0.6 is 11.8 Å². The average molecular weight is 383 g/mol. The van der Waals surface area contributed by atoms with Gasteiger partial charge < -0.3 is 4.57 Å². The van der Waals surface area contributed by atoms with Crippen molar-refractivity contribution in [2.45, 2.75) is 29.3 Å². The van der Waals surface area contributed by atoms with Crippen molar-refractivity contribution >= 4 is 32.8 Å². The highest BCUT2D eigenvalue weighted by Gasteiger charge is 2.15. The predicted molar refractivity (Wildman–Crippen MR) is 92.7 cm³/mol. The number of aryl methyl sites for hydroxylation is 1. The van der Waals surface area contributed by atoms with Crippen LogP contribution in [0.25, 0.3) is 11.0 Å². The fourth-order valence-electron chi connectivity index (χ4n) is 2.48. The quantitative estimate of drug-likeness (QED) is 0.686. The van der Waals surface area contributed by atoms with E-state index in [1.165, 1.54) is 36.0 Å². The molecule has 0 saturated heterocycles. The van der Waals surface area contributed by atoms with Gasteiger partial charge in [-0.15, -0.1) is 0 Å². The predicted octanol–water partition coefficient (Wildman–Crippen LogP) is 3.27. The molecule has 0 radical (unpaired) electrons. The van der Waals surface area contributed by atoms with Crippen LogP contribution in [0, 0.1) is 11.6 Å². The van der Waals surface area contributed by atoms with E-state index in [1.807, 2.05) is 11.5 Å². The molecule has 25 heavy (non-hydrogen) atoms. The lowest BCUT2D eigenvalue weighted by Crippen LogP contribution is -2.11. The third-order valence-electron chi connectivity index (χ3n) is 3.72. The summed E-state index contributed by atoms with van der Waals surface area (Å²) in [6.07, 6.45) is 0. The molecule has 0 fully saturated rings. The normalized spacial score (nSPS) is 12.0. The zero-order valence-corrected chi connectivity index (χ0v) is 14.9. The van der Waals surface area contributed by atoms with E-state index in [-0.39, 0.29) is 16.2 Å². The maximum absolute atomic E-state index is 13.8. The number of nitrogens with zero attached hydrogens (tertiary/aromatic N) is 2. The molecule has 3 aromatic rings. The molecule has 0 saturated carbocycles. The van der Waals surface area contributed by atoms with Gasteiger partial charge in [0.2, 0.25) is 10.0 Å². The van der Waals surface area contributed by atoms with Crippen LogP contribution in [-0.4, -0.2) is 18.0 Å². The average Bonchev–Trinajstić information content (AvgIpc) is 2.92. The maximum Gasteiger partial charge on any atom is 0.238 e. The molecule has 2 aromatic carbocycles. The number of nitrogens with two attached hydrogens (primary N) is 1. The van der Waals surface area contributed by atoms with Crippen LogP contribution in [0.1, 0.15) is 12.5 Å². The fraction of sp³-hybridized carbons (Fsp3) is 0.188. The van der Waals surface area contributed by atoms with Crippen LogP contribution < -0.4 is 5.14 Å². The number of benzene rings is 2. The van der Waals surface area contributed by atoms with E-state index in [0.717, 1.165) is 11.6 Å². The number of aromatic nitrogens is 2. The van der Waals surface area contributed by atoms with Gasteiger partial charge in [-0.05, 0) is 31.2 Å². The smallest absolute Gasteiger partial charge is 0.238 e. The fourth-order valence-corrected chi connectivity index (χ4v) is 4.07. The SMILES string of the molecule is CCn1c(SCc2cccc(F)c2F)nc2cc(S(N)(=O)=O)ccc21. The zero-order valence-electron chi connectivity index (χ0n) is 13.2. The Morgan fingerprint density at radius 1 is 1.24 bits per heavy atom. The molecule has 0 atom stereocenters. The van der Waals surface area contributed by atoms with Crippen LogP contribution in [0.5, 0.6) is 0 Å². The van der Waals surface area contributed by atoms with Crippen molar-refractivity contribution in [1.82, 2.24) is 9.55 Å². The number of halogens is 2. The first-order chi connectivity index (χ1) is 11.8. The standard InChI is InChI=1S/C16H15F2N3O2S2/c1-2-21-14-7-6-11(25(19,22)23)8-13(14)20-16(21)24-9-10-4-3-5-12(17)15(10)18/h3-8H,2,9H2,1H3,(H2,19,22,23). The number of primary sulfonamides is 1. The van der Waals surface area contributed by atoms with Crippen molar-refractivity contribution in [2.24, 2.45) is 5.14 Å². The second kappa shape index (κ2) is 6.74. The molecule has 9 heteroatoms. The van der Waals surface area contributed by atoms with Gasteiger partial charge in [-0.25, -0.2) is 27.3 Å². The van der Waals surface area contributed by atoms with Crippen molar-refractivity contribution in [1.29, 1.82) is 0 Å². The van der Waals surface area contributed by atoms with Gasteiger partial charge in [0.25, 0.3) is 0 Å². The number of rotatable bonds is 5. The Morgan fingerprint density at radius 3 is 2.68 bits per heavy atom. The first kappa shape index (κ1) is 17.8. The lowest BCUT2D eigenvalue weighted by molar-refractivity contribution is 0.502. The summed E-state index contributed by atoms with van der Waals surface area (Å²) in [5.74, 6) is -1.56. The van der Waals surface area contributed by atoms with E-state index in [1.54, 1.807) is 6.07 Å². The highest BCUT2D eigenvalue weighted by molar-refractivity contribution is 7.98. The number of imidazole rings is 1. The molecular weight excluding hydrogens is 368 g/mol. The van der Waals surface area contributed by atoms with Crippen molar-refractivity contribution in [3.05, 3.63) is 53.6 Å². The summed E-state index contributed by atoms with van der Waals surface area (Å²) in [7, 11) is -3.82. The van der Waals surface area contributed by atoms with E-state index >= 15 is 0 Å². The minimum Gasteiger partial charge on any atom is -0.319 e. The lowest BCUT2D eigenvalue weighted by atomic mass is 10.2. The number of fused-ring (bicyclic) bond motifs is 1. The summed E-state index contributed by atoms with van der Waals surface area (Å²) in [6.45, 7) is 2.51. The molecule has 0 amide bonds. The number of hydrogen-bond acceptors (Lipinski definition) is 4. The van der Waals surface area contributed by atoms with Crippen LogP contribution in [0.3, 0.4) is 0 Å². The Hall–Kier alpha value is -1.97. The molecule has 1 heterocycles. The van der Waals surface area contributed by atoms with Gasteiger partial charge in [0.05, 0.1) is 15.9 Å². The summed E-state index contributed by atoms with van der Waals surface area (Å²) >= 11 is 1.25. The summed E-state index contributed by atoms with van der Waals surface area (Å²) in [5, 5.41) is 5.74. The van der Waals surface area contributed by atoms with E-state index in [2.05, 4.69) is 4.98 Å². The van der Waals surface area contributed by atoms with Crippen molar-refractivity contribution in [3.63, 3.8) is 0 Å². The Labute approximate surface area is 147 Å². The minimum absolute atomic E-state index is 0.0199. The molecule has 132 valence electrons. The van der Waals surface area contributed by atoms with Gasteiger partial charge in [0, 0.05) is 17.9 Å². The highest BCUT2D eigenvalue weighted by Crippen LogP contribution is 2.29. The second-order valence-corrected chi connectivity index (χ2v) is 7.84. The third kappa shape index (κ3) is 3.53. The molecule has 0 unspecified atom stereocenters. The van der Waals surface area contributed by atoms with Crippen LogP contribution in [0.2, 0.25) is 0 Å². The summed E-state index contributed by atoms with van der Waals surface area (Å²) in [6, 6.07) is 8.51. The minimum atomic E-state index is -3.82. The molecular formula is C16H15F2N3O2S2. The second-order valence-electron chi connectivity index (χ2n) is 5.34. The Bertz CT molecular complexity index is 1050. The van der Waals surface area contributed by atoms with Crippen molar-refractivity contribution < 1.29 is 17.2 Å². The summed E-state index contributed by atoms with van der Waals surface area (Å²) in [5.41, 5.74) is 1.47. The number of thioether (sulfide) groups is 1. The van der Waals surface area contributed by atoms with Crippen molar-refractivity contribution in [3.8, 4) is 0 Å². The largest absolute Gasteiger partial charge is 0.319 e. The third-order valence-corrected chi connectivity index (χ3v) is 5.65. The van der Waals surface area contributed by atoms with Crippen LogP contribution in [-0.2, 0) is 22.3 Å². The van der Waals surface area contributed by atoms with Gasteiger partial charge in [-0.2, -0.15) is 0 Å². The van der Waals surface area contributed by atoms with Crippen molar-refractivity contribution in [2.75, 3.05) is 0 Å². The van der Waals surface area contributed by atoms with Gasteiger partial charge >= 0.3 is 0 Å². The Morgan fingerprint density at radius 2 is 2.00 bits per heavy atom. The summed E-state index contributed by atoms with van der Waals surface area (Å²) in [4.78, 5) is 4.39. The van der Waals surface area contributed by atoms with Gasteiger partial charge in [-0.3, -0.25) is 0 Å². The molecule has 0 aliphatic carbocycles. The van der Waals surface area contributed by atoms with E-state index in [9.17, 15) is 17.2 Å². The molecule has 0 bridgehead atoms. The monoisotopic (exact) mass is 383 g/mol. The highest BCUT2D eigenvalue weighted by atomic mass is 32.2. The Balaban J connectivity index is 1.97. The molecule has 2 N–H and O–H groups in total. The first-order valence-electron chi connectivity index (χ1n) is 7.40. The zero-order chi connectivity index (χ0) is 18.2. The van der Waals surface area contributed by atoms with Gasteiger partial charge in [0.15, 0.2) is 16.8 Å². The Kier molecular flexibility index (Phi) is 4.81. The molecule has 3 rings (SSSR count). The summed E-state index contributed by atoms with van der Waals surface area (Å²) < 4.78 is 51.9. The van der Waals surface area contributed by atoms with E-state index < -0.39 is 21.7 Å².